The second-order valence-corrected chi connectivity index (χ2v) is 7.92. The molecule has 3 N–H and O–H groups in total. The monoisotopic (exact) mass is 519 g/mol. The molecule has 0 aromatic carbocycles. The molecule has 0 radical (unpaired) electrons. The third kappa shape index (κ3) is 12.6. The second kappa shape index (κ2) is 12.9. The van der Waals surface area contributed by atoms with Crippen LogP contribution in [0.1, 0.15) is 46.0 Å². The van der Waals surface area contributed by atoms with Crippen LogP contribution in [0.3, 0.4) is 0 Å². The van der Waals surface area contributed by atoms with Gasteiger partial charge in [0.1, 0.15) is 0 Å². The number of aliphatic hydroxyl groups excluding tert-OH is 1. The molecule has 21 heavy (non-hydrogen) atoms. The van der Waals surface area contributed by atoms with Gasteiger partial charge in [-0.1, -0.05) is 54.2 Å². The first-order valence-electron chi connectivity index (χ1n) is 7.38. The largest absolute Gasteiger partial charge is 0.396 e. The standard InChI is InChI=1S/C16H27I2NO2/c1-12(2)8-13(4-3-5-15(18)6-7-17)9-14(11-20)10-16(19)21/h6,8,12,14,20H,3-5,7,9-11H2,1-2H3,(H2,19,21)/b13-8-,15-6+/t14-/m1/s1. The predicted molar refractivity (Wildman–Crippen MR) is 107 cm³/mol. The lowest BCUT2D eigenvalue weighted by atomic mass is 9.91. The summed E-state index contributed by atoms with van der Waals surface area (Å²) in [5.74, 6) is 0.103. The Balaban J connectivity index is 4.52. The molecular formula is C16H27I2NO2. The molecule has 0 unspecified atom stereocenters. The molecule has 0 spiro atoms. The number of carbonyl (C=O) groups is 1. The van der Waals surface area contributed by atoms with Gasteiger partial charge in [0, 0.05) is 17.5 Å². The maximum Gasteiger partial charge on any atom is 0.217 e. The highest BCUT2D eigenvalue weighted by molar-refractivity contribution is 14.1. The van der Waals surface area contributed by atoms with Crippen LogP contribution in [0.15, 0.2) is 21.3 Å². The first-order chi connectivity index (χ1) is 9.88. The molecule has 5 heteroatoms. The topological polar surface area (TPSA) is 63.3 Å². The molecule has 0 rings (SSSR count). The van der Waals surface area contributed by atoms with Crippen molar-refractivity contribution in [3.63, 3.8) is 0 Å². The van der Waals surface area contributed by atoms with Crippen LogP contribution in [0.25, 0.3) is 0 Å². The van der Waals surface area contributed by atoms with Gasteiger partial charge in [0.25, 0.3) is 0 Å². The van der Waals surface area contributed by atoms with Crippen LogP contribution in [-0.4, -0.2) is 22.0 Å². The van der Waals surface area contributed by atoms with Crippen LogP contribution in [0, 0.1) is 11.8 Å². The molecule has 0 bridgehead atoms. The van der Waals surface area contributed by atoms with Gasteiger partial charge in [-0.25, -0.2) is 0 Å². The predicted octanol–water partition coefficient (Wildman–Crippen LogP) is 4.37. The summed E-state index contributed by atoms with van der Waals surface area (Å²) in [6.07, 6.45) is 8.77. The molecule has 0 aliphatic heterocycles. The number of allylic oxidation sites excluding steroid dienone is 4. The van der Waals surface area contributed by atoms with Crippen molar-refractivity contribution in [2.45, 2.75) is 46.0 Å². The van der Waals surface area contributed by atoms with Crippen molar-refractivity contribution in [3.05, 3.63) is 21.3 Å². The van der Waals surface area contributed by atoms with E-state index in [-0.39, 0.29) is 24.9 Å². The lowest BCUT2D eigenvalue weighted by Crippen LogP contribution is -2.19. The average Bonchev–Trinajstić information content (AvgIpc) is 2.36. The molecule has 0 aromatic heterocycles. The lowest BCUT2D eigenvalue weighted by Gasteiger charge is -2.16. The van der Waals surface area contributed by atoms with Crippen molar-refractivity contribution in [1.29, 1.82) is 0 Å². The Morgan fingerprint density at radius 3 is 2.43 bits per heavy atom. The number of carbonyl (C=O) groups excluding carboxylic acids is 1. The van der Waals surface area contributed by atoms with Crippen LogP contribution in [0.2, 0.25) is 0 Å². The molecule has 0 aromatic rings. The summed E-state index contributed by atoms with van der Waals surface area (Å²) in [5.41, 5.74) is 6.58. The smallest absolute Gasteiger partial charge is 0.217 e. The molecule has 1 amide bonds. The van der Waals surface area contributed by atoms with E-state index >= 15 is 0 Å². The van der Waals surface area contributed by atoms with Gasteiger partial charge in [0.05, 0.1) is 0 Å². The number of hydrogen-bond acceptors (Lipinski definition) is 2. The minimum absolute atomic E-state index is 0.0185. The quantitative estimate of drug-likeness (QED) is 0.242. The Morgan fingerprint density at radius 2 is 1.95 bits per heavy atom. The average molecular weight is 519 g/mol. The summed E-state index contributed by atoms with van der Waals surface area (Å²) < 4.78 is 2.46. The maximum atomic E-state index is 11.0. The van der Waals surface area contributed by atoms with Crippen LogP contribution in [0.4, 0.5) is 0 Å². The normalized spacial score (nSPS) is 14.6. The third-order valence-corrected chi connectivity index (χ3v) is 4.50. The number of nitrogens with two attached hydrogens (primary N) is 1. The Bertz CT molecular complexity index is 365. The van der Waals surface area contributed by atoms with Gasteiger partial charge < -0.3 is 10.8 Å². The van der Waals surface area contributed by atoms with Gasteiger partial charge in [0.2, 0.25) is 5.91 Å². The molecule has 0 aliphatic carbocycles. The van der Waals surface area contributed by atoms with Crippen molar-refractivity contribution in [2.75, 3.05) is 11.0 Å². The maximum absolute atomic E-state index is 11.0. The fourth-order valence-corrected chi connectivity index (χ4v) is 4.23. The first-order valence-corrected chi connectivity index (χ1v) is 9.98. The Kier molecular flexibility index (Phi) is 13.1. The zero-order chi connectivity index (χ0) is 16.3. The van der Waals surface area contributed by atoms with Crippen LogP contribution >= 0.6 is 45.2 Å². The summed E-state index contributed by atoms with van der Waals surface area (Å²) in [6, 6.07) is 0. The molecule has 3 nitrogen and oxygen atoms in total. The lowest BCUT2D eigenvalue weighted by molar-refractivity contribution is -0.119. The van der Waals surface area contributed by atoms with E-state index in [1.807, 2.05) is 0 Å². The van der Waals surface area contributed by atoms with E-state index in [4.69, 9.17) is 5.73 Å². The molecule has 0 heterocycles. The summed E-state index contributed by atoms with van der Waals surface area (Å²) in [6.45, 7) is 4.33. The molecule has 0 fully saturated rings. The Morgan fingerprint density at radius 1 is 1.29 bits per heavy atom. The van der Waals surface area contributed by atoms with Gasteiger partial charge >= 0.3 is 0 Å². The van der Waals surface area contributed by atoms with Crippen molar-refractivity contribution < 1.29 is 9.90 Å². The fourth-order valence-electron chi connectivity index (χ4n) is 2.25. The number of aliphatic hydroxyl groups is 1. The minimum atomic E-state index is -0.336. The highest BCUT2D eigenvalue weighted by Crippen LogP contribution is 2.24. The van der Waals surface area contributed by atoms with Gasteiger partial charge in [-0.2, -0.15) is 0 Å². The highest BCUT2D eigenvalue weighted by Gasteiger charge is 2.13. The van der Waals surface area contributed by atoms with Crippen molar-refractivity contribution >= 4 is 51.1 Å². The van der Waals surface area contributed by atoms with Crippen molar-refractivity contribution in [2.24, 2.45) is 17.6 Å². The minimum Gasteiger partial charge on any atom is -0.396 e. The van der Waals surface area contributed by atoms with Crippen molar-refractivity contribution in [3.8, 4) is 0 Å². The molecule has 122 valence electrons. The third-order valence-electron chi connectivity index (χ3n) is 3.08. The zero-order valence-corrected chi connectivity index (χ0v) is 17.3. The van der Waals surface area contributed by atoms with E-state index in [2.05, 4.69) is 71.2 Å². The SMILES string of the molecule is CC(C)/C=C(/CCC/C(I)=C\CI)C[C@@H](CO)CC(N)=O. The zero-order valence-electron chi connectivity index (χ0n) is 12.9. The number of hydrogen-bond donors (Lipinski definition) is 2. The van der Waals surface area contributed by atoms with Gasteiger partial charge in [-0.15, -0.1) is 0 Å². The first kappa shape index (κ1) is 21.4. The van der Waals surface area contributed by atoms with E-state index in [0.717, 1.165) is 30.1 Å². The van der Waals surface area contributed by atoms with E-state index in [1.54, 1.807) is 0 Å². The fraction of sp³-hybridized carbons (Fsp3) is 0.688. The Labute approximate surface area is 156 Å². The van der Waals surface area contributed by atoms with E-state index in [0.29, 0.717) is 5.92 Å². The number of rotatable bonds is 11. The van der Waals surface area contributed by atoms with Gasteiger partial charge in [0.15, 0.2) is 0 Å². The molecule has 1 atom stereocenters. The van der Waals surface area contributed by atoms with E-state index < -0.39 is 0 Å². The molecule has 0 saturated heterocycles. The van der Waals surface area contributed by atoms with E-state index in [9.17, 15) is 9.90 Å². The Hall–Kier alpha value is 0.370. The summed E-state index contributed by atoms with van der Waals surface area (Å²) in [7, 11) is 0. The number of alkyl halides is 1. The molecule has 0 saturated carbocycles. The molecular weight excluding hydrogens is 492 g/mol. The summed E-state index contributed by atoms with van der Waals surface area (Å²) in [4.78, 5) is 11.0. The van der Waals surface area contributed by atoms with E-state index in [1.165, 1.54) is 9.15 Å². The van der Waals surface area contributed by atoms with Crippen LogP contribution in [0.5, 0.6) is 0 Å². The number of amides is 1. The van der Waals surface area contributed by atoms with Gasteiger partial charge in [-0.05, 0) is 63.7 Å². The highest BCUT2D eigenvalue weighted by atomic mass is 127. The van der Waals surface area contributed by atoms with Gasteiger partial charge in [-0.3, -0.25) is 4.79 Å². The van der Waals surface area contributed by atoms with Crippen LogP contribution < -0.4 is 5.73 Å². The van der Waals surface area contributed by atoms with Crippen LogP contribution in [-0.2, 0) is 4.79 Å². The molecule has 0 aliphatic rings. The second-order valence-electron chi connectivity index (χ2n) is 5.65. The van der Waals surface area contributed by atoms with Crippen molar-refractivity contribution in [1.82, 2.24) is 0 Å². The summed E-state index contributed by atoms with van der Waals surface area (Å²) in [5, 5.41) is 9.40. The number of halogens is 2. The summed E-state index contributed by atoms with van der Waals surface area (Å²) >= 11 is 4.75. The number of primary amides is 1.